The van der Waals surface area contributed by atoms with Crippen LogP contribution in [0.5, 0.6) is 0 Å². The number of aromatic nitrogens is 2. The van der Waals surface area contributed by atoms with Crippen molar-refractivity contribution in [3.05, 3.63) is 52.2 Å². The lowest BCUT2D eigenvalue weighted by atomic mass is 10.1. The molecule has 0 aliphatic carbocycles. The zero-order valence-corrected chi connectivity index (χ0v) is 12.1. The van der Waals surface area contributed by atoms with Crippen molar-refractivity contribution in [2.75, 3.05) is 5.43 Å². The van der Waals surface area contributed by atoms with E-state index in [9.17, 15) is 4.39 Å². The van der Waals surface area contributed by atoms with Crippen LogP contribution in [0.2, 0.25) is 5.02 Å². The van der Waals surface area contributed by atoms with Crippen LogP contribution < -0.4 is 11.3 Å². The van der Waals surface area contributed by atoms with Crippen molar-refractivity contribution in [2.24, 2.45) is 5.84 Å². The van der Waals surface area contributed by atoms with Crippen LogP contribution in [-0.2, 0) is 6.42 Å². The van der Waals surface area contributed by atoms with Gasteiger partial charge in [0.25, 0.3) is 0 Å². The molecular weight excluding hydrogens is 279 g/mol. The Labute approximate surface area is 122 Å². The molecule has 0 bridgehead atoms. The molecule has 0 fully saturated rings. The standard InChI is InChI=1S/C14H16ClFN4/c1-8(2)12-7-14(20-17)19-13(18-12)5-9-3-4-10(16)6-11(9)15/h3-4,6-8H,5,17H2,1-2H3,(H,18,19,20). The number of nitrogens with one attached hydrogen (secondary N) is 1. The third-order valence-corrected chi connectivity index (χ3v) is 3.25. The Morgan fingerprint density at radius 2 is 2.05 bits per heavy atom. The fraction of sp³-hybridized carbons (Fsp3) is 0.286. The number of hydrazine groups is 1. The number of nitrogens with two attached hydrogens (primary N) is 1. The number of nitrogen functional groups attached to an aromatic ring is 1. The molecule has 20 heavy (non-hydrogen) atoms. The topological polar surface area (TPSA) is 63.8 Å². The van der Waals surface area contributed by atoms with Gasteiger partial charge in [0.2, 0.25) is 0 Å². The van der Waals surface area contributed by atoms with E-state index in [4.69, 9.17) is 17.4 Å². The molecule has 106 valence electrons. The first-order valence-corrected chi connectivity index (χ1v) is 6.65. The van der Waals surface area contributed by atoms with Crippen molar-refractivity contribution in [3.63, 3.8) is 0 Å². The van der Waals surface area contributed by atoms with Crippen LogP contribution >= 0.6 is 11.6 Å². The molecule has 6 heteroatoms. The lowest BCUT2D eigenvalue weighted by molar-refractivity contribution is 0.627. The zero-order chi connectivity index (χ0) is 14.7. The molecule has 0 atom stereocenters. The van der Waals surface area contributed by atoms with Crippen LogP contribution in [0.15, 0.2) is 24.3 Å². The summed E-state index contributed by atoms with van der Waals surface area (Å²) in [5, 5.41) is 0.366. The smallest absolute Gasteiger partial charge is 0.143 e. The van der Waals surface area contributed by atoms with E-state index in [2.05, 4.69) is 15.4 Å². The normalized spacial score (nSPS) is 10.9. The highest BCUT2D eigenvalue weighted by atomic mass is 35.5. The van der Waals surface area contributed by atoms with Gasteiger partial charge in [0, 0.05) is 23.2 Å². The molecule has 2 rings (SSSR count). The van der Waals surface area contributed by atoms with E-state index in [0.717, 1.165) is 11.3 Å². The number of nitrogens with zero attached hydrogens (tertiary/aromatic N) is 2. The van der Waals surface area contributed by atoms with E-state index in [-0.39, 0.29) is 11.7 Å². The number of rotatable bonds is 4. The minimum absolute atomic E-state index is 0.257. The largest absolute Gasteiger partial charge is 0.308 e. The summed E-state index contributed by atoms with van der Waals surface area (Å²) in [4.78, 5) is 8.77. The average molecular weight is 295 g/mol. The Bertz CT molecular complexity index is 616. The van der Waals surface area contributed by atoms with E-state index in [1.54, 1.807) is 12.1 Å². The lowest BCUT2D eigenvalue weighted by Crippen LogP contribution is -2.12. The van der Waals surface area contributed by atoms with Crippen molar-refractivity contribution in [1.29, 1.82) is 0 Å². The van der Waals surface area contributed by atoms with E-state index >= 15 is 0 Å². The summed E-state index contributed by atoms with van der Waals surface area (Å²) in [6.45, 7) is 4.08. The number of hydrogen-bond acceptors (Lipinski definition) is 4. The van der Waals surface area contributed by atoms with Gasteiger partial charge in [0.05, 0.1) is 0 Å². The van der Waals surface area contributed by atoms with Crippen molar-refractivity contribution in [3.8, 4) is 0 Å². The van der Waals surface area contributed by atoms with Gasteiger partial charge < -0.3 is 5.43 Å². The maximum atomic E-state index is 13.0. The highest BCUT2D eigenvalue weighted by Crippen LogP contribution is 2.21. The van der Waals surface area contributed by atoms with E-state index < -0.39 is 0 Å². The summed E-state index contributed by atoms with van der Waals surface area (Å²) in [7, 11) is 0. The zero-order valence-electron chi connectivity index (χ0n) is 11.3. The molecule has 0 saturated heterocycles. The summed E-state index contributed by atoms with van der Waals surface area (Å²) in [6, 6.07) is 6.10. The molecule has 0 aliphatic rings. The van der Waals surface area contributed by atoms with Gasteiger partial charge in [-0.3, -0.25) is 0 Å². The second-order valence-corrected chi connectivity index (χ2v) is 5.21. The Kier molecular flexibility index (Phi) is 4.52. The Morgan fingerprint density at radius 3 is 2.65 bits per heavy atom. The van der Waals surface area contributed by atoms with Crippen LogP contribution in [0.4, 0.5) is 10.2 Å². The van der Waals surface area contributed by atoms with Crippen LogP contribution in [0.25, 0.3) is 0 Å². The summed E-state index contributed by atoms with van der Waals surface area (Å²) >= 11 is 6.02. The predicted octanol–water partition coefficient (Wildman–Crippen LogP) is 3.27. The van der Waals surface area contributed by atoms with Crippen molar-refractivity contribution in [2.45, 2.75) is 26.2 Å². The molecule has 0 spiro atoms. The maximum Gasteiger partial charge on any atom is 0.143 e. The first kappa shape index (κ1) is 14.7. The average Bonchev–Trinajstić information content (AvgIpc) is 2.41. The van der Waals surface area contributed by atoms with Gasteiger partial charge in [0.15, 0.2) is 0 Å². The molecule has 0 aliphatic heterocycles. The molecule has 0 saturated carbocycles. The predicted molar refractivity (Wildman–Crippen MR) is 78.1 cm³/mol. The molecule has 0 amide bonds. The summed E-state index contributed by atoms with van der Waals surface area (Å²) in [6.07, 6.45) is 0.425. The molecule has 3 N–H and O–H groups in total. The van der Waals surface area contributed by atoms with Gasteiger partial charge >= 0.3 is 0 Å². The third kappa shape index (κ3) is 3.43. The fourth-order valence-corrected chi connectivity index (χ4v) is 2.04. The van der Waals surface area contributed by atoms with Crippen molar-refractivity contribution >= 4 is 17.4 Å². The van der Waals surface area contributed by atoms with Gasteiger partial charge in [-0.1, -0.05) is 31.5 Å². The van der Waals surface area contributed by atoms with Crippen molar-refractivity contribution in [1.82, 2.24) is 9.97 Å². The number of halogens is 2. The second-order valence-electron chi connectivity index (χ2n) is 4.81. The van der Waals surface area contributed by atoms with Gasteiger partial charge in [-0.2, -0.15) is 0 Å². The maximum absolute atomic E-state index is 13.0. The molecule has 4 nitrogen and oxygen atoms in total. The highest BCUT2D eigenvalue weighted by molar-refractivity contribution is 6.31. The SMILES string of the molecule is CC(C)c1cc(NN)nc(Cc2ccc(F)cc2Cl)n1. The van der Waals surface area contributed by atoms with Gasteiger partial charge in [-0.15, -0.1) is 0 Å². The van der Waals surface area contributed by atoms with Crippen LogP contribution in [0.1, 0.15) is 36.8 Å². The summed E-state index contributed by atoms with van der Waals surface area (Å²) in [5.41, 5.74) is 4.19. The molecule has 0 radical (unpaired) electrons. The quantitative estimate of drug-likeness (QED) is 0.671. The monoisotopic (exact) mass is 294 g/mol. The molecule has 0 unspecified atom stereocenters. The number of hydrogen-bond donors (Lipinski definition) is 2. The van der Waals surface area contributed by atoms with Gasteiger partial charge in [-0.05, 0) is 23.6 Å². The molecule has 1 aromatic heterocycles. The molecule has 2 aromatic rings. The van der Waals surface area contributed by atoms with E-state index in [1.165, 1.54) is 12.1 Å². The van der Waals surface area contributed by atoms with Crippen LogP contribution in [0, 0.1) is 5.82 Å². The van der Waals surface area contributed by atoms with Gasteiger partial charge in [-0.25, -0.2) is 20.2 Å². The third-order valence-electron chi connectivity index (χ3n) is 2.90. The molecular formula is C14H16ClFN4. The fourth-order valence-electron chi connectivity index (χ4n) is 1.80. The van der Waals surface area contributed by atoms with Crippen LogP contribution in [-0.4, -0.2) is 9.97 Å². The minimum Gasteiger partial charge on any atom is -0.308 e. The second kappa shape index (κ2) is 6.15. The van der Waals surface area contributed by atoms with Gasteiger partial charge in [0.1, 0.15) is 17.5 Å². The molecule has 1 aromatic carbocycles. The van der Waals surface area contributed by atoms with E-state index in [1.807, 2.05) is 13.8 Å². The summed E-state index contributed by atoms with van der Waals surface area (Å²) in [5.74, 6) is 6.46. The number of anilines is 1. The van der Waals surface area contributed by atoms with E-state index in [0.29, 0.717) is 23.1 Å². The minimum atomic E-state index is -0.361. The lowest BCUT2D eigenvalue weighted by Gasteiger charge is -2.10. The Balaban J connectivity index is 2.34. The highest BCUT2D eigenvalue weighted by Gasteiger charge is 2.10. The first-order chi connectivity index (χ1) is 9.49. The van der Waals surface area contributed by atoms with Crippen molar-refractivity contribution < 1.29 is 4.39 Å². The number of benzene rings is 1. The summed E-state index contributed by atoms with van der Waals surface area (Å²) < 4.78 is 13.0. The Hall–Kier alpha value is -1.72. The van der Waals surface area contributed by atoms with Crippen LogP contribution in [0.3, 0.4) is 0 Å². The first-order valence-electron chi connectivity index (χ1n) is 6.28. The molecule has 1 heterocycles. The Morgan fingerprint density at radius 1 is 1.30 bits per heavy atom.